The summed E-state index contributed by atoms with van der Waals surface area (Å²) < 4.78 is 102. The second-order valence-corrected chi connectivity index (χ2v) is 16.9. The van der Waals surface area contributed by atoms with E-state index in [0.717, 1.165) is 17.5 Å². The molecule has 3 aliphatic heterocycles. The second kappa shape index (κ2) is 17.5. The molecule has 3 atom stereocenters. The first-order chi connectivity index (χ1) is 31.2. The van der Waals surface area contributed by atoms with Crippen LogP contribution in [0.3, 0.4) is 0 Å². The first kappa shape index (κ1) is 43.7. The molecular formula is C48H49F5N8O4. The molecule has 12 nitrogen and oxygen atoms in total. The van der Waals surface area contributed by atoms with Crippen molar-refractivity contribution in [1.82, 2.24) is 24.8 Å². The predicted octanol–water partition coefficient (Wildman–Crippen LogP) is 9.27. The fourth-order valence-electron chi connectivity index (χ4n) is 9.64. The Labute approximate surface area is 373 Å². The van der Waals surface area contributed by atoms with Gasteiger partial charge in [0.15, 0.2) is 5.82 Å². The maximum absolute atomic E-state index is 17.8. The van der Waals surface area contributed by atoms with Gasteiger partial charge in [0.05, 0.1) is 37.9 Å². The molecule has 65 heavy (non-hydrogen) atoms. The van der Waals surface area contributed by atoms with E-state index < -0.39 is 46.6 Å². The van der Waals surface area contributed by atoms with E-state index in [1.807, 2.05) is 71.3 Å². The van der Waals surface area contributed by atoms with Gasteiger partial charge >= 0.3 is 12.2 Å². The Bertz CT molecular complexity index is 2660. The molecule has 3 aromatic heterocycles. The first-order valence-electron chi connectivity index (χ1n) is 21.5. The number of nitrogens with two attached hydrogens (primary N) is 1. The van der Waals surface area contributed by atoms with Gasteiger partial charge in [-0.1, -0.05) is 30.3 Å². The summed E-state index contributed by atoms with van der Waals surface area (Å²) in [6.45, 7) is 5.02. The van der Waals surface area contributed by atoms with Gasteiger partial charge < -0.3 is 34.5 Å². The summed E-state index contributed by atoms with van der Waals surface area (Å²) in [7, 11) is 3.13. The van der Waals surface area contributed by atoms with Crippen LogP contribution in [-0.4, -0.2) is 83.6 Å². The van der Waals surface area contributed by atoms with Crippen LogP contribution in [-0.2, 0) is 19.3 Å². The van der Waals surface area contributed by atoms with E-state index in [0.29, 0.717) is 35.7 Å². The molecule has 2 N–H and O–H groups in total. The molecule has 0 radical (unpaired) electrons. The fraction of sp³-hybridized carbons (Fsp3) is 0.375. The summed E-state index contributed by atoms with van der Waals surface area (Å²) in [6, 6.07) is 20.4. The van der Waals surface area contributed by atoms with Gasteiger partial charge in [0.2, 0.25) is 5.88 Å². The number of hydrogen-bond donors (Lipinski definition) is 1. The van der Waals surface area contributed by atoms with Crippen molar-refractivity contribution in [1.29, 1.82) is 0 Å². The zero-order chi connectivity index (χ0) is 45.6. The van der Waals surface area contributed by atoms with Crippen molar-refractivity contribution >= 4 is 28.2 Å². The van der Waals surface area contributed by atoms with Crippen LogP contribution in [0.4, 0.5) is 39.3 Å². The minimum Gasteiger partial charge on any atom is -0.497 e. The van der Waals surface area contributed by atoms with Crippen molar-refractivity contribution in [2.75, 3.05) is 62.6 Å². The largest absolute Gasteiger partial charge is 0.497 e. The standard InChI is InChI=1S/C48H49F5N8O4/c1-28-21-33(59(24-30-8-12-34(62-3)13-9-30)25-31-10-14-35(63-4)15-11-31)22-37(39(28)48(51,52)53)41-40(50)42-38-44(58-46(57-42)65-27-47-16-6-18-60(47)26-32(49)23-47)61(19-20-64-45(38)56-41)29(2)36-7-5-17-55-43(36)54/h5,7-15,17,21-22,29,32H,6,16,18-20,23-27H2,1-4H3,(H2,54,55)/t29-,32-,47+/m1/s1. The molecule has 0 unspecified atom stereocenters. The van der Waals surface area contributed by atoms with E-state index in [4.69, 9.17) is 29.7 Å². The average molecular weight is 897 g/mol. The number of ether oxygens (including phenoxy) is 4. The summed E-state index contributed by atoms with van der Waals surface area (Å²) in [5.74, 6) is 0.488. The van der Waals surface area contributed by atoms with Gasteiger partial charge in [-0.15, -0.1) is 0 Å². The lowest BCUT2D eigenvalue weighted by molar-refractivity contribution is -0.137. The minimum atomic E-state index is -4.92. The second-order valence-electron chi connectivity index (χ2n) is 16.9. The number of nitrogens with zero attached hydrogens (tertiary/aromatic N) is 7. The van der Waals surface area contributed by atoms with Crippen molar-refractivity contribution in [2.24, 2.45) is 0 Å². The highest BCUT2D eigenvalue weighted by Gasteiger charge is 2.49. The number of rotatable bonds is 13. The summed E-state index contributed by atoms with van der Waals surface area (Å²) >= 11 is 0. The van der Waals surface area contributed by atoms with Crippen molar-refractivity contribution in [2.45, 2.75) is 70.1 Å². The van der Waals surface area contributed by atoms with Gasteiger partial charge in [-0.25, -0.2) is 18.7 Å². The van der Waals surface area contributed by atoms with Crippen LogP contribution in [0.2, 0.25) is 0 Å². The Balaban J connectivity index is 1.21. The molecule has 0 amide bonds. The molecule has 0 aliphatic carbocycles. The van der Waals surface area contributed by atoms with Crippen LogP contribution in [0.1, 0.15) is 60.0 Å². The number of halogens is 5. The lowest BCUT2D eigenvalue weighted by Crippen LogP contribution is -2.43. The molecule has 0 saturated carbocycles. The Morgan fingerprint density at radius 2 is 1.65 bits per heavy atom. The third-order valence-corrected chi connectivity index (χ3v) is 12.9. The number of aryl methyl sites for hydroxylation is 1. The van der Waals surface area contributed by atoms with Crippen molar-refractivity contribution < 1.29 is 40.9 Å². The molecule has 9 rings (SSSR count). The number of anilines is 3. The molecular weight excluding hydrogens is 848 g/mol. The lowest BCUT2D eigenvalue weighted by Gasteiger charge is -2.32. The Hall–Kier alpha value is -6.49. The van der Waals surface area contributed by atoms with Crippen molar-refractivity contribution in [3.8, 4) is 34.6 Å². The highest BCUT2D eigenvalue weighted by atomic mass is 19.4. The number of benzene rings is 3. The van der Waals surface area contributed by atoms with Crippen LogP contribution in [0, 0.1) is 12.7 Å². The van der Waals surface area contributed by atoms with Gasteiger partial charge in [-0.2, -0.15) is 23.1 Å². The van der Waals surface area contributed by atoms with Crippen LogP contribution in [0.25, 0.3) is 22.2 Å². The highest BCUT2D eigenvalue weighted by molar-refractivity contribution is 5.97. The monoisotopic (exact) mass is 896 g/mol. The van der Waals surface area contributed by atoms with Crippen LogP contribution < -0.4 is 34.5 Å². The minimum absolute atomic E-state index is 0.00286. The molecule has 2 saturated heterocycles. The summed E-state index contributed by atoms with van der Waals surface area (Å²) in [5, 5.41) is 0.0535. The van der Waals surface area contributed by atoms with Crippen molar-refractivity contribution in [3.05, 3.63) is 113 Å². The van der Waals surface area contributed by atoms with Crippen LogP contribution in [0.5, 0.6) is 23.4 Å². The van der Waals surface area contributed by atoms with Gasteiger partial charge in [-0.3, -0.25) is 4.90 Å². The molecule has 2 fully saturated rings. The third kappa shape index (κ3) is 8.49. The number of fused-ring (bicyclic) bond motifs is 1. The van der Waals surface area contributed by atoms with Gasteiger partial charge in [0.25, 0.3) is 0 Å². The van der Waals surface area contributed by atoms with Crippen LogP contribution in [0.15, 0.2) is 79.0 Å². The van der Waals surface area contributed by atoms with E-state index >= 15 is 17.6 Å². The Morgan fingerprint density at radius 3 is 2.29 bits per heavy atom. The van der Waals surface area contributed by atoms with Crippen LogP contribution >= 0.6 is 0 Å². The number of hydrogen-bond acceptors (Lipinski definition) is 12. The smallest absolute Gasteiger partial charge is 0.417 e. The molecule has 17 heteroatoms. The average Bonchev–Trinajstić information content (AvgIpc) is 3.75. The predicted molar refractivity (Wildman–Crippen MR) is 237 cm³/mol. The van der Waals surface area contributed by atoms with E-state index in [-0.39, 0.29) is 85.8 Å². The topological polar surface area (TPSA) is 124 Å². The number of methoxy groups -OCH3 is 2. The Kier molecular flexibility index (Phi) is 11.8. The highest BCUT2D eigenvalue weighted by Crippen LogP contribution is 2.47. The number of alkyl halides is 4. The van der Waals surface area contributed by atoms with Gasteiger partial charge in [0, 0.05) is 49.1 Å². The summed E-state index contributed by atoms with van der Waals surface area (Å²) in [5.41, 5.74) is 5.84. The maximum Gasteiger partial charge on any atom is 0.417 e. The van der Waals surface area contributed by atoms with E-state index in [1.165, 1.54) is 19.1 Å². The SMILES string of the molecule is COc1ccc(CN(Cc2ccc(OC)cc2)c2cc(C)c(C(F)(F)F)c(-c3nc4c5c(nc(OC[C@@]67CCCN6C[C@H](F)C7)nc5c3F)N([C@H](C)c3cccnc3N)CCO4)c2)cc1. The third-order valence-electron chi connectivity index (χ3n) is 12.9. The van der Waals surface area contributed by atoms with E-state index in [1.54, 1.807) is 26.5 Å². The molecule has 3 aliphatic rings. The number of pyridine rings is 2. The molecule has 0 bridgehead atoms. The number of aromatic nitrogens is 4. The van der Waals surface area contributed by atoms with Gasteiger partial charge in [-0.05, 0) is 92.4 Å². The maximum atomic E-state index is 17.8. The van der Waals surface area contributed by atoms with E-state index in [9.17, 15) is 4.39 Å². The quantitative estimate of drug-likeness (QED) is 0.111. The van der Waals surface area contributed by atoms with E-state index in [2.05, 4.69) is 19.9 Å². The summed E-state index contributed by atoms with van der Waals surface area (Å²) in [6.07, 6.45) is -2.56. The van der Waals surface area contributed by atoms with Crippen molar-refractivity contribution in [3.63, 3.8) is 0 Å². The zero-order valence-corrected chi connectivity index (χ0v) is 36.5. The molecule has 3 aromatic carbocycles. The molecule has 6 aromatic rings. The molecule has 340 valence electrons. The Morgan fingerprint density at radius 1 is 0.954 bits per heavy atom. The molecule has 0 spiro atoms. The lowest BCUT2D eigenvalue weighted by atomic mass is 9.95. The first-order valence-corrected chi connectivity index (χ1v) is 21.5. The summed E-state index contributed by atoms with van der Waals surface area (Å²) in [4.78, 5) is 24.1. The van der Waals surface area contributed by atoms with Gasteiger partial charge in [0.1, 0.15) is 59.1 Å². The fourth-order valence-corrected chi connectivity index (χ4v) is 9.64. The molecule has 6 heterocycles. The zero-order valence-electron chi connectivity index (χ0n) is 36.5. The number of nitrogen functional groups attached to an aromatic ring is 1. The normalized spacial score (nSPS) is 18.8.